The summed E-state index contributed by atoms with van der Waals surface area (Å²) in [6.45, 7) is 8.65. The number of phenolic OH excluding ortho intramolecular Hbond substituents is 1. The summed E-state index contributed by atoms with van der Waals surface area (Å²) in [6.07, 6.45) is 5.68. The van der Waals surface area contributed by atoms with Gasteiger partial charge in [0.1, 0.15) is 5.75 Å². The lowest BCUT2D eigenvalue weighted by Gasteiger charge is -2.19. The second-order valence-electron chi connectivity index (χ2n) is 5.67. The van der Waals surface area contributed by atoms with Crippen LogP contribution in [0.2, 0.25) is 0 Å². The monoisotopic (exact) mass is 277 g/mol. The number of aromatic hydroxyl groups is 1. The molecular formula is C17H27NO2. The molecule has 3 nitrogen and oxygen atoms in total. The molecular weight excluding hydrogens is 250 g/mol. The maximum absolute atomic E-state index is 10.4. The molecule has 0 bridgehead atoms. The lowest BCUT2D eigenvalue weighted by atomic mass is 9.87. The van der Waals surface area contributed by atoms with Crippen LogP contribution in [0.25, 0.3) is 0 Å². The van der Waals surface area contributed by atoms with E-state index in [9.17, 15) is 5.11 Å². The number of oxime groups is 1. The Morgan fingerprint density at radius 3 is 2.25 bits per heavy atom. The molecule has 0 saturated carbocycles. The molecule has 0 aromatic heterocycles. The van der Waals surface area contributed by atoms with Gasteiger partial charge in [-0.1, -0.05) is 51.8 Å². The Labute approximate surface area is 122 Å². The minimum Gasteiger partial charge on any atom is -0.507 e. The topological polar surface area (TPSA) is 52.8 Å². The Kier molecular flexibility index (Phi) is 6.56. The van der Waals surface area contributed by atoms with E-state index in [0.717, 1.165) is 31.2 Å². The van der Waals surface area contributed by atoms with E-state index in [2.05, 4.69) is 38.9 Å². The lowest BCUT2D eigenvalue weighted by molar-refractivity contribution is 0.321. The molecule has 2 N–H and O–H groups in total. The number of rotatable bonds is 7. The van der Waals surface area contributed by atoms with Crippen molar-refractivity contribution in [2.75, 3.05) is 0 Å². The summed E-state index contributed by atoms with van der Waals surface area (Å²) in [6, 6.07) is 4.04. The van der Waals surface area contributed by atoms with Crippen molar-refractivity contribution in [3.05, 3.63) is 28.8 Å². The van der Waals surface area contributed by atoms with E-state index < -0.39 is 0 Å². The van der Waals surface area contributed by atoms with Crippen molar-refractivity contribution in [2.24, 2.45) is 5.16 Å². The zero-order valence-corrected chi connectivity index (χ0v) is 13.1. The average molecular weight is 277 g/mol. The predicted octanol–water partition coefficient (Wildman–Crippen LogP) is 5.01. The van der Waals surface area contributed by atoms with Crippen molar-refractivity contribution in [3.8, 4) is 5.75 Å². The molecule has 0 spiro atoms. The fourth-order valence-electron chi connectivity index (χ4n) is 2.71. The molecule has 1 rings (SSSR count). The Morgan fingerprint density at radius 1 is 1.10 bits per heavy atom. The van der Waals surface area contributed by atoms with Crippen LogP contribution in [-0.2, 0) is 0 Å². The first-order valence-corrected chi connectivity index (χ1v) is 7.59. The van der Waals surface area contributed by atoms with Gasteiger partial charge in [-0.05, 0) is 41.9 Å². The maximum Gasteiger partial charge on any atom is 0.127 e. The minimum atomic E-state index is 0.246. The van der Waals surface area contributed by atoms with E-state index in [4.69, 9.17) is 5.21 Å². The van der Waals surface area contributed by atoms with Gasteiger partial charge in [-0.25, -0.2) is 0 Å². The van der Waals surface area contributed by atoms with Crippen LogP contribution >= 0.6 is 0 Å². The molecule has 0 aliphatic rings. The first kappa shape index (κ1) is 16.5. The zero-order chi connectivity index (χ0) is 15.1. The van der Waals surface area contributed by atoms with E-state index in [-0.39, 0.29) is 5.75 Å². The quantitative estimate of drug-likeness (QED) is 0.418. The van der Waals surface area contributed by atoms with Crippen LogP contribution in [0, 0.1) is 0 Å². The zero-order valence-electron chi connectivity index (χ0n) is 13.1. The summed E-state index contributed by atoms with van der Waals surface area (Å²) in [5, 5.41) is 22.2. The van der Waals surface area contributed by atoms with Crippen LogP contribution in [-0.4, -0.2) is 16.5 Å². The van der Waals surface area contributed by atoms with Crippen LogP contribution in [0.15, 0.2) is 17.3 Å². The van der Waals surface area contributed by atoms with Crippen molar-refractivity contribution in [3.63, 3.8) is 0 Å². The second-order valence-corrected chi connectivity index (χ2v) is 5.67. The van der Waals surface area contributed by atoms with Crippen LogP contribution in [0.4, 0.5) is 0 Å². The van der Waals surface area contributed by atoms with Gasteiger partial charge < -0.3 is 10.3 Å². The molecule has 1 aromatic carbocycles. The third-order valence-electron chi connectivity index (χ3n) is 3.93. The summed E-state index contributed by atoms with van der Waals surface area (Å²) in [5.74, 6) is 0.995. The van der Waals surface area contributed by atoms with Gasteiger partial charge in [0.25, 0.3) is 0 Å². The molecule has 0 aliphatic heterocycles. The molecule has 0 amide bonds. The highest BCUT2D eigenvalue weighted by molar-refractivity contribution is 5.84. The van der Waals surface area contributed by atoms with Crippen molar-refractivity contribution >= 4 is 6.21 Å². The van der Waals surface area contributed by atoms with Gasteiger partial charge in [0.15, 0.2) is 0 Å². The van der Waals surface area contributed by atoms with Crippen LogP contribution in [0.3, 0.4) is 0 Å². The number of benzene rings is 1. The van der Waals surface area contributed by atoms with Crippen molar-refractivity contribution in [1.82, 2.24) is 0 Å². The Bertz CT molecular complexity index is 455. The third-order valence-corrected chi connectivity index (χ3v) is 3.93. The molecule has 0 heterocycles. The molecule has 1 aromatic rings. The van der Waals surface area contributed by atoms with E-state index >= 15 is 0 Å². The van der Waals surface area contributed by atoms with Crippen LogP contribution in [0.5, 0.6) is 5.75 Å². The van der Waals surface area contributed by atoms with E-state index in [0.29, 0.717) is 17.4 Å². The standard InChI is InChI=1S/C17H27NO2/c1-5-7-12(3)14-9-15(11-18-20)17(19)16(10-14)13(4)8-6-2/h9-13,19-20H,5-8H2,1-4H3/b18-11-. The highest BCUT2D eigenvalue weighted by Gasteiger charge is 2.16. The minimum absolute atomic E-state index is 0.246. The number of hydrogen-bond acceptors (Lipinski definition) is 3. The summed E-state index contributed by atoms with van der Waals surface area (Å²) in [7, 11) is 0. The van der Waals surface area contributed by atoms with Gasteiger partial charge in [-0.15, -0.1) is 0 Å². The molecule has 20 heavy (non-hydrogen) atoms. The van der Waals surface area contributed by atoms with Gasteiger partial charge in [0, 0.05) is 5.56 Å². The lowest BCUT2D eigenvalue weighted by Crippen LogP contribution is -2.02. The molecule has 0 saturated heterocycles. The van der Waals surface area contributed by atoms with Crippen molar-refractivity contribution < 1.29 is 10.3 Å². The summed E-state index contributed by atoms with van der Waals surface area (Å²) in [5.41, 5.74) is 2.77. The third kappa shape index (κ3) is 3.99. The first-order valence-electron chi connectivity index (χ1n) is 7.59. The molecule has 2 atom stereocenters. The van der Waals surface area contributed by atoms with Gasteiger partial charge in [-0.3, -0.25) is 0 Å². The van der Waals surface area contributed by atoms with Gasteiger partial charge in [0.2, 0.25) is 0 Å². The maximum atomic E-state index is 10.4. The van der Waals surface area contributed by atoms with Gasteiger partial charge in [0.05, 0.1) is 6.21 Å². The van der Waals surface area contributed by atoms with Gasteiger partial charge >= 0.3 is 0 Å². The fraction of sp³-hybridized carbons (Fsp3) is 0.588. The molecule has 0 radical (unpaired) electrons. The van der Waals surface area contributed by atoms with Crippen LogP contribution < -0.4 is 0 Å². The smallest absolute Gasteiger partial charge is 0.127 e. The molecule has 2 unspecified atom stereocenters. The van der Waals surface area contributed by atoms with Crippen LogP contribution in [0.1, 0.15) is 81.9 Å². The normalized spacial score (nSPS) is 14.6. The largest absolute Gasteiger partial charge is 0.507 e. The van der Waals surface area contributed by atoms with Crippen molar-refractivity contribution in [1.29, 1.82) is 0 Å². The van der Waals surface area contributed by atoms with Gasteiger partial charge in [-0.2, -0.15) is 0 Å². The Hall–Kier alpha value is -1.51. The Balaban J connectivity index is 3.27. The predicted molar refractivity (Wildman–Crippen MR) is 84.1 cm³/mol. The SMILES string of the molecule is CCCC(C)c1cc(/C=N\O)c(O)c(C(C)CCC)c1. The second kappa shape index (κ2) is 7.93. The van der Waals surface area contributed by atoms with E-state index in [1.165, 1.54) is 11.8 Å². The highest BCUT2D eigenvalue weighted by atomic mass is 16.4. The number of hydrogen-bond donors (Lipinski definition) is 2. The fourth-order valence-corrected chi connectivity index (χ4v) is 2.71. The van der Waals surface area contributed by atoms with E-state index in [1.807, 2.05) is 6.07 Å². The average Bonchev–Trinajstić information content (AvgIpc) is 2.41. The number of phenols is 1. The molecule has 3 heteroatoms. The summed E-state index contributed by atoms with van der Waals surface area (Å²) >= 11 is 0. The molecule has 0 aliphatic carbocycles. The Morgan fingerprint density at radius 2 is 1.70 bits per heavy atom. The summed E-state index contributed by atoms with van der Waals surface area (Å²) < 4.78 is 0. The van der Waals surface area contributed by atoms with Crippen molar-refractivity contribution in [2.45, 2.75) is 65.2 Å². The highest BCUT2D eigenvalue weighted by Crippen LogP contribution is 2.35. The summed E-state index contributed by atoms with van der Waals surface area (Å²) in [4.78, 5) is 0. The molecule has 112 valence electrons. The van der Waals surface area contributed by atoms with E-state index in [1.54, 1.807) is 0 Å². The number of nitrogens with zero attached hydrogens (tertiary/aromatic N) is 1. The first-order chi connectivity index (χ1) is 9.54. The molecule has 0 fully saturated rings.